The number of nitrogen functional groups attached to an aromatic ring is 1. The summed E-state index contributed by atoms with van der Waals surface area (Å²) in [6.45, 7) is 2.96. The number of sulfonamides is 1. The van der Waals surface area contributed by atoms with Crippen molar-refractivity contribution in [3.05, 3.63) is 18.3 Å². The average Bonchev–Trinajstić information content (AvgIpc) is 2.27. The van der Waals surface area contributed by atoms with Crippen molar-refractivity contribution in [3.63, 3.8) is 0 Å². The van der Waals surface area contributed by atoms with Gasteiger partial charge in [-0.1, -0.05) is 0 Å². The van der Waals surface area contributed by atoms with Crippen LogP contribution in [-0.4, -0.2) is 25.9 Å². The third-order valence-electron chi connectivity index (χ3n) is 2.43. The Kier molecular flexibility index (Phi) is 3.92. The molecule has 0 aliphatic heterocycles. The summed E-state index contributed by atoms with van der Waals surface area (Å²) < 4.78 is 26.1. The van der Waals surface area contributed by atoms with Gasteiger partial charge in [-0.2, -0.15) is 0 Å². The molecular formula is C10H16N4O3S. The Morgan fingerprint density at radius 1 is 1.50 bits per heavy atom. The number of pyridine rings is 1. The van der Waals surface area contributed by atoms with Crippen LogP contribution in [0.25, 0.3) is 0 Å². The van der Waals surface area contributed by atoms with Crippen LogP contribution < -0.4 is 16.2 Å². The summed E-state index contributed by atoms with van der Waals surface area (Å²) in [7, 11) is -3.85. The van der Waals surface area contributed by atoms with Gasteiger partial charge in [0.2, 0.25) is 5.91 Å². The van der Waals surface area contributed by atoms with Gasteiger partial charge in [0.15, 0.2) is 5.03 Å². The molecule has 0 saturated heterocycles. The van der Waals surface area contributed by atoms with Gasteiger partial charge in [-0.3, -0.25) is 4.79 Å². The van der Waals surface area contributed by atoms with Gasteiger partial charge < -0.3 is 11.5 Å². The first-order chi connectivity index (χ1) is 8.17. The van der Waals surface area contributed by atoms with Crippen LogP contribution in [-0.2, 0) is 14.8 Å². The average molecular weight is 272 g/mol. The SMILES string of the molecule is CC(C)(CNS(=O)(=O)c1ncccc1N)C(N)=O. The maximum absolute atomic E-state index is 11.9. The maximum atomic E-state index is 11.9. The van der Waals surface area contributed by atoms with Crippen LogP contribution in [0.15, 0.2) is 23.4 Å². The largest absolute Gasteiger partial charge is 0.396 e. The number of nitrogens with one attached hydrogen (secondary N) is 1. The van der Waals surface area contributed by atoms with Crippen LogP contribution in [0.4, 0.5) is 5.69 Å². The van der Waals surface area contributed by atoms with Crippen LogP contribution in [0.3, 0.4) is 0 Å². The van der Waals surface area contributed by atoms with Crippen LogP contribution >= 0.6 is 0 Å². The van der Waals surface area contributed by atoms with E-state index in [1.54, 1.807) is 13.8 Å². The van der Waals surface area contributed by atoms with Crippen molar-refractivity contribution < 1.29 is 13.2 Å². The highest BCUT2D eigenvalue weighted by molar-refractivity contribution is 7.89. The van der Waals surface area contributed by atoms with Gasteiger partial charge in [-0.05, 0) is 26.0 Å². The molecule has 0 bridgehead atoms. The molecule has 0 aromatic carbocycles. The van der Waals surface area contributed by atoms with Crippen LogP contribution in [0.1, 0.15) is 13.8 Å². The number of nitrogens with zero attached hydrogens (tertiary/aromatic N) is 1. The molecule has 7 nitrogen and oxygen atoms in total. The van der Waals surface area contributed by atoms with Crippen molar-refractivity contribution in [1.29, 1.82) is 0 Å². The highest BCUT2D eigenvalue weighted by Gasteiger charge is 2.28. The van der Waals surface area contributed by atoms with Gasteiger partial charge in [0.25, 0.3) is 10.0 Å². The van der Waals surface area contributed by atoms with Gasteiger partial charge in [-0.25, -0.2) is 18.1 Å². The minimum absolute atomic E-state index is 0.0434. The number of aromatic nitrogens is 1. The van der Waals surface area contributed by atoms with Gasteiger partial charge in [0.05, 0.1) is 11.1 Å². The monoisotopic (exact) mass is 272 g/mol. The summed E-state index contributed by atoms with van der Waals surface area (Å²) in [6, 6.07) is 2.96. The molecule has 1 rings (SSSR count). The van der Waals surface area contributed by atoms with E-state index in [4.69, 9.17) is 11.5 Å². The van der Waals surface area contributed by atoms with Crippen molar-refractivity contribution in [2.75, 3.05) is 12.3 Å². The Bertz CT molecular complexity index is 554. The molecule has 0 atom stereocenters. The molecule has 100 valence electrons. The highest BCUT2D eigenvalue weighted by atomic mass is 32.2. The highest BCUT2D eigenvalue weighted by Crippen LogP contribution is 2.17. The van der Waals surface area contributed by atoms with Crippen molar-refractivity contribution >= 4 is 21.6 Å². The van der Waals surface area contributed by atoms with Crippen LogP contribution in [0, 0.1) is 5.41 Å². The van der Waals surface area contributed by atoms with Gasteiger partial charge >= 0.3 is 0 Å². The van der Waals surface area contributed by atoms with E-state index >= 15 is 0 Å². The fourth-order valence-electron chi connectivity index (χ4n) is 1.06. The third-order valence-corrected chi connectivity index (χ3v) is 3.80. The number of amides is 1. The number of carbonyl (C=O) groups is 1. The number of rotatable bonds is 5. The number of primary amides is 1. The van der Waals surface area contributed by atoms with E-state index in [2.05, 4.69) is 9.71 Å². The molecule has 1 aromatic rings. The molecule has 0 saturated carbocycles. The van der Waals surface area contributed by atoms with Gasteiger partial charge in [0.1, 0.15) is 0 Å². The first kappa shape index (κ1) is 14.4. The fraction of sp³-hybridized carbons (Fsp3) is 0.400. The molecule has 0 unspecified atom stereocenters. The topological polar surface area (TPSA) is 128 Å². The number of hydrogen-bond acceptors (Lipinski definition) is 5. The van der Waals surface area contributed by atoms with E-state index in [1.807, 2.05) is 0 Å². The Morgan fingerprint density at radius 2 is 2.11 bits per heavy atom. The zero-order valence-electron chi connectivity index (χ0n) is 10.2. The number of anilines is 1. The minimum atomic E-state index is -3.85. The molecule has 0 aliphatic rings. The summed E-state index contributed by atoms with van der Waals surface area (Å²) in [5.74, 6) is -0.598. The smallest absolute Gasteiger partial charge is 0.260 e. The standard InChI is InChI=1S/C10H16N4O3S/c1-10(2,9(12)15)6-14-18(16,17)8-7(11)4-3-5-13-8/h3-5,14H,6,11H2,1-2H3,(H2,12,15). The molecule has 0 fully saturated rings. The Hall–Kier alpha value is -1.67. The fourth-order valence-corrected chi connectivity index (χ4v) is 2.32. The number of hydrogen-bond donors (Lipinski definition) is 3. The quantitative estimate of drug-likeness (QED) is 0.662. The number of nitrogens with two attached hydrogens (primary N) is 2. The Balaban J connectivity index is 2.92. The Labute approximate surface area is 106 Å². The zero-order chi connectivity index (χ0) is 14.0. The molecular weight excluding hydrogens is 256 g/mol. The lowest BCUT2D eigenvalue weighted by molar-refractivity contribution is -0.125. The molecule has 1 amide bonds. The molecule has 0 radical (unpaired) electrons. The lowest BCUT2D eigenvalue weighted by Gasteiger charge is -2.20. The molecule has 0 spiro atoms. The molecule has 0 aliphatic carbocycles. The lowest BCUT2D eigenvalue weighted by atomic mass is 9.93. The first-order valence-electron chi connectivity index (χ1n) is 5.17. The molecule has 5 N–H and O–H groups in total. The van der Waals surface area contributed by atoms with Crippen LogP contribution in [0.2, 0.25) is 0 Å². The van der Waals surface area contributed by atoms with E-state index in [0.717, 1.165) is 0 Å². The summed E-state index contributed by atoms with van der Waals surface area (Å²) in [5, 5.41) is -0.259. The van der Waals surface area contributed by atoms with E-state index in [1.165, 1.54) is 18.3 Å². The third kappa shape index (κ3) is 3.17. The summed E-state index contributed by atoms with van der Waals surface area (Å²) >= 11 is 0. The maximum Gasteiger partial charge on any atom is 0.260 e. The molecule has 1 aromatic heterocycles. The van der Waals surface area contributed by atoms with Crippen molar-refractivity contribution in [1.82, 2.24) is 9.71 Å². The number of carbonyl (C=O) groups excluding carboxylic acids is 1. The molecule has 8 heteroatoms. The van der Waals surface area contributed by atoms with E-state index in [-0.39, 0.29) is 17.3 Å². The van der Waals surface area contributed by atoms with E-state index in [9.17, 15) is 13.2 Å². The molecule has 1 heterocycles. The first-order valence-corrected chi connectivity index (χ1v) is 6.65. The summed E-state index contributed by atoms with van der Waals surface area (Å²) in [4.78, 5) is 14.8. The second-order valence-corrected chi connectivity index (χ2v) is 6.15. The Morgan fingerprint density at radius 3 is 2.61 bits per heavy atom. The van der Waals surface area contributed by atoms with Crippen molar-refractivity contribution in [2.45, 2.75) is 18.9 Å². The lowest BCUT2D eigenvalue weighted by Crippen LogP contribution is -2.42. The predicted molar refractivity (Wildman–Crippen MR) is 66.8 cm³/mol. The zero-order valence-corrected chi connectivity index (χ0v) is 11.0. The second kappa shape index (κ2) is 4.91. The van der Waals surface area contributed by atoms with Crippen molar-refractivity contribution in [2.24, 2.45) is 11.1 Å². The van der Waals surface area contributed by atoms with Crippen molar-refractivity contribution in [3.8, 4) is 0 Å². The van der Waals surface area contributed by atoms with Crippen LogP contribution in [0.5, 0.6) is 0 Å². The van der Waals surface area contributed by atoms with Gasteiger partial charge in [0, 0.05) is 12.7 Å². The predicted octanol–water partition coefficient (Wildman–Crippen LogP) is -0.546. The minimum Gasteiger partial charge on any atom is -0.396 e. The normalized spacial score (nSPS) is 12.3. The van der Waals surface area contributed by atoms with E-state index < -0.39 is 21.3 Å². The van der Waals surface area contributed by atoms with Gasteiger partial charge in [-0.15, -0.1) is 0 Å². The molecule has 18 heavy (non-hydrogen) atoms. The second-order valence-electron chi connectivity index (χ2n) is 4.47. The summed E-state index contributed by atoms with van der Waals surface area (Å²) in [5.41, 5.74) is 9.74. The summed E-state index contributed by atoms with van der Waals surface area (Å²) in [6.07, 6.45) is 1.32. The van der Waals surface area contributed by atoms with E-state index in [0.29, 0.717) is 0 Å².